The Balaban J connectivity index is 1.83. The number of hydrogen-bond acceptors (Lipinski definition) is 6. The van der Waals surface area contributed by atoms with Gasteiger partial charge >= 0.3 is 0 Å². The molecule has 2 aliphatic rings. The molecule has 0 bridgehead atoms. The number of benzene rings is 2. The van der Waals surface area contributed by atoms with Crippen LogP contribution in [0.5, 0.6) is 28.7 Å². The molecule has 4 rings (SSSR count). The van der Waals surface area contributed by atoms with Gasteiger partial charge in [-0.2, -0.15) is 0 Å². The number of ether oxygens (including phenoxy) is 3. The molecule has 1 heterocycles. The van der Waals surface area contributed by atoms with Crippen LogP contribution < -0.4 is 14.2 Å². The molecule has 1 aliphatic heterocycles. The standard InChI is InChI=1S/C18H16O6/c1-22-13-3-9-7-18(11(9)6-14(13)23-2)8-24-15-5-10(19)4-12(20)16(15)17(18)21/h3-6,19-20H,7-8H2,1-2H3. The van der Waals surface area contributed by atoms with Crippen LogP contribution in [0, 0.1) is 0 Å². The zero-order valence-electron chi connectivity index (χ0n) is 13.3. The smallest absolute Gasteiger partial charge is 0.184 e. The second-order valence-corrected chi connectivity index (χ2v) is 6.08. The highest BCUT2D eigenvalue weighted by Gasteiger charge is 2.54. The molecule has 0 saturated heterocycles. The molecule has 6 nitrogen and oxygen atoms in total. The number of carbonyl (C=O) groups excluding carboxylic acids is 1. The molecule has 0 saturated carbocycles. The highest BCUT2D eigenvalue weighted by molar-refractivity contribution is 6.11. The number of methoxy groups -OCH3 is 2. The lowest BCUT2D eigenvalue weighted by Gasteiger charge is -2.45. The number of fused-ring (bicyclic) bond motifs is 3. The fourth-order valence-electron chi connectivity index (χ4n) is 3.59. The van der Waals surface area contributed by atoms with Gasteiger partial charge < -0.3 is 24.4 Å². The zero-order chi connectivity index (χ0) is 17.1. The fourth-order valence-corrected chi connectivity index (χ4v) is 3.59. The molecule has 0 amide bonds. The highest BCUT2D eigenvalue weighted by Crippen LogP contribution is 2.52. The number of rotatable bonds is 2. The van der Waals surface area contributed by atoms with Crippen LogP contribution in [0.1, 0.15) is 21.5 Å². The van der Waals surface area contributed by atoms with Crippen molar-refractivity contribution in [3.05, 3.63) is 41.0 Å². The molecule has 1 atom stereocenters. The Morgan fingerprint density at radius 1 is 1.08 bits per heavy atom. The summed E-state index contributed by atoms with van der Waals surface area (Å²) < 4.78 is 16.3. The molecule has 2 aromatic rings. The summed E-state index contributed by atoms with van der Waals surface area (Å²) in [6, 6.07) is 6.14. The third-order valence-electron chi connectivity index (χ3n) is 4.82. The Morgan fingerprint density at radius 3 is 2.50 bits per heavy atom. The summed E-state index contributed by atoms with van der Waals surface area (Å²) >= 11 is 0. The lowest BCUT2D eigenvalue weighted by molar-refractivity contribution is 0.0723. The largest absolute Gasteiger partial charge is 0.508 e. The lowest BCUT2D eigenvalue weighted by atomic mass is 9.60. The van der Waals surface area contributed by atoms with E-state index in [-0.39, 0.29) is 35.2 Å². The van der Waals surface area contributed by atoms with Crippen molar-refractivity contribution >= 4 is 5.78 Å². The fraction of sp³-hybridized carbons (Fsp3) is 0.278. The molecular formula is C18H16O6. The molecular weight excluding hydrogens is 312 g/mol. The average Bonchev–Trinajstić information content (AvgIpc) is 2.54. The van der Waals surface area contributed by atoms with Crippen molar-refractivity contribution in [2.45, 2.75) is 11.8 Å². The maximum absolute atomic E-state index is 13.1. The number of phenolic OH excluding ortho intramolecular Hbond substituents is 2. The topological polar surface area (TPSA) is 85.2 Å². The minimum absolute atomic E-state index is 0.111. The molecule has 2 N–H and O–H groups in total. The van der Waals surface area contributed by atoms with Crippen molar-refractivity contribution in [3.8, 4) is 28.7 Å². The first-order valence-electron chi connectivity index (χ1n) is 7.49. The molecule has 0 aromatic heterocycles. The minimum Gasteiger partial charge on any atom is -0.508 e. The van der Waals surface area contributed by atoms with Gasteiger partial charge in [-0.15, -0.1) is 0 Å². The predicted octanol–water partition coefficient (Wildman–Crippen LogP) is 2.18. The molecule has 1 spiro atoms. The van der Waals surface area contributed by atoms with Crippen LogP contribution in [0.25, 0.3) is 0 Å². The Morgan fingerprint density at radius 2 is 1.79 bits per heavy atom. The maximum atomic E-state index is 13.1. The Labute approximate surface area is 138 Å². The number of hydrogen-bond donors (Lipinski definition) is 2. The molecule has 124 valence electrons. The van der Waals surface area contributed by atoms with E-state index in [1.54, 1.807) is 20.3 Å². The van der Waals surface area contributed by atoms with E-state index in [0.717, 1.165) is 17.2 Å². The second kappa shape index (κ2) is 4.80. The van der Waals surface area contributed by atoms with Gasteiger partial charge in [0, 0.05) is 12.1 Å². The summed E-state index contributed by atoms with van der Waals surface area (Å²) in [6.45, 7) is 0.157. The van der Waals surface area contributed by atoms with E-state index < -0.39 is 5.41 Å². The molecule has 24 heavy (non-hydrogen) atoms. The minimum atomic E-state index is -0.837. The van der Waals surface area contributed by atoms with Crippen molar-refractivity contribution in [2.75, 3.05) is 20.8 Å². The van der Waals surface area contributed by atoms with Gasteiger partial charge in [-0.1, -0.05) is 0 Å². The van der Waals surface area contributed by atoms with Crippen molar-refractivity contribution in [2.24, 2.45) is 0 Å². The zero-order valence-corrected chi connectivity index (χ0v) is 13.3. The summed E-state index contributed by atoms with van der Waals surface area (Å²) in [5, 5.41) is 19.6. The van der Waals surface area contributed by atoms with Gasteiger partial charge in [0.05, 0.1) is 19.6 Å². The first-order valence-corrected chi connectivity index (χ1v) is 7.49. The number of phenols is 2. The first-order chi connectivity index (χ1) is 11.5. The number of Topliss-reactive ketones (excluding diaryl/α,β-unsaturated/α-hetero) is 1. The van der Waals surface area contributed by atoms with Crippen LogP contribution >= 0.6 is 0 Å². The summed E-state index contributed by atoms with van der Waals surface area (Å²) in [4.78, 5) is 13.1. The van der Waals surface area contributed by atoms with Crippen molar-refractivity contribution in [1.82, 2.24) is 0 Å². The van der Waals surface area contributed by atoms with Crippen LogP contribution in [0.2, 0.25) is 0 Å². The summed E-state index contributed by atoms with van der Waals surface area (Å²) in [6.07, 6.45) is 0.501. The Kier molecular flexibility index (Phi) is 2.94. The van der Waals surface area contributed by atoms with E-state index in [1.165, 1.54) is 6.07 Å². The van der Waals surface area contributed by atoms with Crippen molar-refractivity contribution in [1.29, 1.82) is 0 Å². The normalized spacial score (nSPS) is 20.7. The van der Waals surface area contributed by atoms with Crippen LogP contribution in [0.15, 0.2) is 24.3 Å². The average molecular weight is 328 g/mol. The van der Waals surface area contributed by atoms with E-state index in [1.807, 2.05) is 6.07 Å². The van der Waals surface area contributed by atoms with Crippen molar-refractivity contribution in [3.63, 3.8) is 0 Å². The summed E-state index contributed by atoms with van der Waals surface area (Å²) in [7, 11) is 3.10. The third kappa shape index (κ3) is 1.73. The van der Waals surface area contributed by atoms with Gasteiger partial charge in [0.25, 0.3) is 0 Å². The predicted molar refractivity (Wildman–Crippen MR) is 84.5 cm³/mol. The highest BCUT2D eigenvalue weighted by atomic mass is 16.5. The van der Waals surface area contributed by atoms with Crippen LogP contribution in [0.4, 0.5) is 0 Å². The van der Waals surface area contributed by atoms with Crippen LogP contribution in [0.3, 0.4) is 0 Å². The van der Waals surface area contributed by atoms with E-state index in [4.69, 9.17) is 14.2 Å². The maximum Gasteiger partial charge on any atom is 0.184 e. The van der Waals surface area contributed by atoms with Gasteiger partial charge in [-0.25, -0.2) is 0 Å². The Hall–Kier alpha value is -2.89. The van der Waals surface area contributed by atoms with Gasteiger partial charge in [-0.05, 0) is 29.7 Å². The van der Waals surface area contributed by atoms with Crippen molar-refractivity contribution < 1.29 is 29.2 Å². The monoisotopic (exact) mass is 328 g/mol. The van der Waals surface area contributed by atoms with E-state index in [0.29, 0.717) is 17.9 Å². The number of ketones is 1. The SMILES string of the molecule is COc1cc2c(cc1OC)C1(COc3cc(O)cc(O)c3C1=O)C2. The van der Waals surface area contributed by atoms with E-state index in [2.05, 4.69) is 0 Å². The molecule has 2 aromatic carbocycles. The van der Waals surface area contributed by atoms with E-state index in [9.17, 15) is 15.0 Å². The van der Waals surface area contributed by atoms with Crippen LogP contribution in [-0.2, 0) is 11.8 Å². The summed E-state index contributed by atoms with van der Waals surface area (Å²) in [5.41, 5.74) is 1.09. The third-order valence-corrected chi connectivity index (χ3v) is 4.82. The second-order valence-electron chi connectivity index (χ2n) is 6.08. The van der Waals surface area contributed by atoms with Gasteiger partial charge in [-0.3, -0.25) is 4.79 Å². The lowest BCUT2D eigenvalue weighted by Crippen LogP contribution is -2.52. The number of aromatic hydroxyl groups is 2. The number of carbonyl (C=O) groups is 1. The Bertz CT molecular complexity index is 872. The summed E-state index contributed by atoms with van der Waals surface area (Å²) in [5.74, 6) is 0.740. The molecule has 0 fully saturated rings. The molecule has 1 unspecified atom stereocenters. The van der Waals surface area contributed by atoms with Crippen LogP contribution in [-0.4, -0.2) is 36.8 Å². The molecule has 6 heteroatoms. The first kappa shape index (κ1) is 14.7. The quantitative estimate of drug-likeness (QED) is 0.879. The molecule has 0 radical (unpaired) electrons. The van der Waals surface area contributed by atoms with Gasteiger partial charge in [0.15, 0.2) is 17.3 Å². The molecule has 1 aliphatic carbocycles. The van der Waals surface area contributed by atoms with Gasteiger partial charge in [0.2, 0.25) is 0 Å². The van der Waals surface area contributed by atoms with Gasteiger partial charge in [0.1, 0.15) is 29.4 Å². The van der Waals surface area contributed by atoms with E-state index >= 15 is 0 Å².